The molecule has 7 nitrogen and oxygen atoms in total. The summed E-state index contributed by atoms with van der Waals surface area (Å²) in [5.41, 5.74) is 0.965. The molecule has 1 amide bonds. The van der Waals surface area contributed by atoms with Gasteiger partial charge in [0, 0.05) is 15.6 Å². The summed E-state index contributed by atoms with van der Waals surface area (Å²) >= 11 is 4.70. The fourth-order valence-corrected chi connectivity index (χ4v) is 3.62. The first-order valence-corrected chi connectivity index (χ1v) is 9.94. The van der Waals surface area contributed by atoms with Crippen molar-refractivity contribution in [2.45, 2.75) is 9.92 Å². The van der Waals surface area contributed by atoms with Gasteiger partial charge in [-0.15, -0.1) is 5.10 Å². The van der Waals surface area contributed by atoms with Gasteiger partial charge in [-0.25, -0.2) is 14.1 Å². The van der Waals surface area contributed by atoms with Gasteiger partial charge in [-0.3, -0.25) is 4.79 Å². The lowest BCUT2D eigenvalue weighted by Crippen LogP contribution is -2.14. The SMILES string of the molecule is O=C(Nc1cc(-n2cnnn2)ccc1F)c1ccccc1Sc1ccc(Br)cn1. The largest absolute Gasteiger partial charge is 0.319 e. The average Bonchev–Trinajstić information content (AvgIpc) is 3.26. The molecule has 0 aliphatic heterocycles. The topological polar surface area (TPSA) is 85.6 Å². The number of hydrogen-bond acceptors (Lipinski definition) is 6. The highest BCUT2D eigenvalue weighted by molar-refractivity contribution is 9.10. The standard InChI is InChI=1S/C19H12BrFN6OS/c20-12-5-8-18(22-10-12)29-17-4-2-1-3-14(17)19(28)24-16-9-13(6-7-15(16)21)27-11-23-25-26-27/h1-11H,(H,24,28). The number of rotatable bonds is 5. The lowest BCUT2D eigenvalue weighted by molar-refractivity contribution is 0.102. The van der Waals surface area contributed by atoms with E-state index in [2.05, 4.69) is 41.8 Å². The van der Waals surface area contributed by atoms with E-state index in [1.807, 2.05) is 24.3 Å². The van der Waals surface area contributed by atoms with Crippen molar-refractivity contribution in [1.29, 1.82) is 0 Å². The maximum atomic E-state index is 14.3. The molecule has 0 atom stereocenters. The number of carbonyl (C=O) groups excluding carboxylic acids is 1. The Bertz CT molecular complexity index is 1150. The normalized spacial score (nSPS) is 10.7. The smallest absolute Gasteiger partial charge is 0.256 e. The monoisotopic (exact) mass is 470 g/mol. The Kier molecular flexibility index (Phi) is 5.63. The molecule has 2 heterocycles. The second-order valence-electron chi connectivity index (χ2n) is 5.79. The number of pyridine rings is 1. The molecule has 0 saturated carbocycles. The van der Waals surface area contributed by atoms with E-state index < -0.39 is 11.7 Å². The van der Waals surface area contributed by atoms with E-state index in [-0.39, 0.29) is 5.69 Å². The molecule has 0 saturated heterocycles. The Morgan fingerprint density at radius 1 is 1.14 bits per heavy atom. The van der Waals surface area contributed by atoms with Gasteiger partial charge >= 0.3 is 0 Å². The van der Waals surface area contributed by atoms with Crippen LogP contribution in [0.3, 0.4) is 0 Å². The van der Waals surface area contributed by atoms with Crippen LogP contribution in [0.2, 0.25) is 0 Å². The lowest BCUT2D eigenvalue weighted by atomic mass is 10.2. The van der Waals surface area contributed by atoms with Crippen LogP contribution in [0.15, 0.2) is 81.5 Å². The van der Waals surface area contributed by atoms with Crippen LogP contribution in [0, 0.1) is 5.82 Å². The molecule has 1 N–H and O–H groups in total. The van der Waals surface area contributed by atoms with E-state index in [0.717, 1.165) is 9.50 Å². The quantitative estimate of drug-likeness (QED) is 0.466. The summed E-state index contributed by atoms with van der Waals surface area (Å²) < 4.78 is 16.5. The number of amides is 1. The number of hydrogen-bond donors (Lipinski definition) is 1. The van der Waals surface area contributed by atoms with E-state index in [1.165, 1.54) is 41.0 Å². The second kappa shape index (κ2) is 8.50. The predicted molar refractivity (Wildman–Crippen MR) is 110 cm³/mol. The van der Waals surface area contributed by atoms with Crippen molar-refractivity contribution in [2.75, 3.05) is 5.32 Å². The fourth-order valence-electron chi connectivity index (χ4n) is 2.50. The van der Waals surface area contributed by atoms with Crippen LogP contribution in [0.4, 0.5) is 10.1 Å². The van der Waals surface area contributed by atoms with Gasteiger partial charge < -0.3 is 5.32 Å². The molecule has 0 unspecified atom stereocenters. The summed E-state index contributed by atoms with van der Waals surface area (Å²) in [4.78, 5) is 17.9. The molecule has 29 heavy (non-hydrogen) atoms. The number of tetrazole rings is 1. The Morgan fingerprint density at radius 3 is 2.76 bits per heavy atom. The molecule has 0 aliphatic rings. The molecule has 4 aromatic rings. The first-order valence-electron chi connectivity index (χ1n) is 8.33. The summed E-state index contributed by atoms with van der Waals surface area (Å²) in [5, 5.41) is 14.2. The van der Waals surface area contributed by atoms with Crippen LogP contribution in [0.5, 0.6) is 0 Å². The molecule has 2 aromatic heterocycles. The summed E-state index contributed by atoms with van der Waals surface area (Å²) in [5.74, 6) is -0.993. The van der Waals surface area contributed by atoms with Crippen LogP contribution in [-0.2, 0) is 0 Å². The van der Waals surface area contributed by atoms with Crippen molar-refractivity contribution in [1.82, 2.24) is 25.2 Å². The van der Waals surface area contributed by atoms with Gasteiger partial charge in [0.15, 0.2) is 0 Å². The number of benzene rings is 2. The maximum absolute atomic E-state index is 14.3. The molecule has 0 spiro atoms. The third-order valence-corrected chi connectivity index (χ3v) is 5.35. The van der Waals surface area contributed by atoms with Crippen molar-refractivity contribution in [2.24, 2.45) is 0 Å². The Morgan fingerprint density at radius 2 is 2.00 bits per heavy atom. The zero-order valence-electron chi connectivity index (χ0n) is 14.7. The van der Waals surface area contributed by atoms with Gasteiger partial charge in [0.25, 0.3) is 5.91 Å². The van der Waals surface area contributed by atoms with Crippen molar-refractivity contribution in [3.63, 3.8) is 0 Å². The van der Waals surface area contributed by atoms with Crippen molar-refractivity contribution >= 4 is 39.3 Å². The number of anilines is 1. The maximum Gasteiger partial charge on any atom is 0.256 e. The first kappa shape index (κ1) is 19.2. The minimum Gasteiger partial charge on any atom is -0.319 e. The molecule has 10 heteroatoms. The van der Waals surface area contributed by atoms with Gasteiger partial charge in [-0.1, -0.05) is 23.9 Å². The van der Waals surface area contributed by atoms with Crippen LogP contribution < -0.4 is 5.32 Å². The summed E-state index contributed by atoms with van der Waals surface area (Å²) in [6.45, 7) is 0. The van der Waals surface area contributed by atoms with Gasteiger partial charge in [0.1, 0.15) is 17.2 Å². The Hall–Kier alpha value is -3.11. The molecular weight excluding hydrogens is 459 g/mol. The first-order chi connectivity index (χ1) is 14.1. The van der Waals surface area contributed by atoms with Crippen molar-refractivity contribution < 1.29 is 9.18 Å². The van der Waals surface area contributed by atoms with Crippen LogP contribution in [0.25, 0.3) is 5.69 Å². The van der Waals surface area contributed by atoms with Gasteiger partial charge in [-0.2, -0.15) is 0 Å². The summed E-state index contributed by atoms with van der Waals surface area (Å²) in [6.07, 6.45) is 3.07. The van der Waals surface area contributed by atoms with E-state index in [9.17, 15) is 9.18 Å². The van der Waals surface area contributed by atoms with Crippen molar-refractivity contribution in [3.05, 3.63) is 83.0 Å². The lowest BCUT2D eigenvalue weighted by Gasteiger charge is -2.11. The van der Waals surface area contributed by atoms with Crippen LogP contribution in [-0.4, -0.2) is 31.1 Å². The number of nitrogens with zero attached hydrogens (tertiary/aromatic N) is 5. The summed E-state index contributed by atoms with van der Waals surface area (Å²) in [6, 6.07) is 15.0. The fraction of sp³-hybridized carbons (Fsp3) is 0. The number of aromatic nitrogens is 5. The molecule has 144 valence electrons. The molecule has 0 aliphatic carbocycles. The zero-order chi connectivity index (χ0) is 20.2. The van der Waals surface area contributed by atoms with Crippen LogP contribution >= 0.6 is 27.7 Å². The second-order valence-corrected chi connectivity index (χ2v) is 7.76. The zero-order valence-corrected chi connectivity index (χ0v) is 17.1. The Labute approximate surface area is 177 Å². The third-order valence-electron chi connectivity index (χ3n) is 3.86. The Balaban J connectivity index is 1.59. The molecule has 2 aromatic carbocycles. The predicted octanol–water partition coefficient (Wildman–Crippen LogP) is 4.36. The molecule has 0 bridgehead atoms. The molecule has 0 radical (unpaired) electrons. The highest BCUT2D eigenvalue weighted by atomic mass is 79.9. The molecule has 0 fully saturated rings. The number of carbonyl (C=O) groups is 1. The molecule has 4 rings (SSSR count). The number of nitrogens with one attached hydrogen (secondary N) is 1. The van der Waals surface area contributed by atoms with E-state index in [0.29, 0.717) is 16.1 Å². The summed E-state index contributed by atoms with van der Waals surface area (Å²) in [7, 11) is 0. The van der Waals surface area contributed by atoms with E-state index in [4.69, 9.17) is 0 Å². The van der Waals surface area contributed by atoms with E-state index in [1.54, 1.807) is 18.3 Å². The van der Waals surface area contributed by atoms with Gasteiger partial charge in [-0.05, 0) is 68.8 Å². The van der Waals surface area contributed by atoms with E-state index >= 15 is 0 Å². The van der Waals surface area contributed by atoms with Crippen molar-refractivity contribution in [3.8, 4) is 5.69 Å². The van der Waals surface area contributed by atoms with Gasteiger partial charge in [0.05, 0.1) is 16.9 Å². The number of halogens is 2. The third kappa shape index (κ3) is 4.49. The average molecular weight is 471 g/mol. The minimum atomic E-state index is -0.560. The molecular formula is C19H12BrFN6OS. The highest BCUT2D eigenvalue weighted by Gasteiger charge is 2.15. The van der Waals surface area contributed by atoms with Crippen LogP contribution in [0.1, 0.15) is 10.4 Å². The van der Waals surface area contributed by atoms with Gasteiger partial charge in [0.2, 0.25) is 0 Å². The highest BCUT2D eigenvalue weighted by Crippen LogP contribution is 2.30. The minimum absolute atomic E-state index is 0.0320.